The average Bonchev–Trinajstić information content (AvgIpc) is 2.28. The van der Waals surface area contributed by atoms with Gasteiger partial charge >= 0.3 is 0 Å². The largest absolute Gasteiger partial charge is 0.396 e. The monoisotopic (exact) mass is 222 g/mol. The normalized spacial score (nSPS) is 13.8. The topological polar surface area (TPSA) is 29.5 Å². The van der Waals surface area contributed by atoms with E-state index in [4.69, 9.17) is 9.84 Å². The van der Waals surface area contributed by atoms with Gasteiger partial charge in [0, 0.05) is 25.0 Å². The molecule has 0 aliphatic rings. The molecule has 0 saturated heterocycles. The van der Waals surface area contributed by atoms with E-state index in [2.05, 4.69) is 38.1 Å². The van der Waals surface area contributed by atoms with Crippen molar-refractivity contribution in [2.24, 2.45) is 0 Å². The summed E-state index contributed by atoms with van der Waals surface area (Å²) in [5, 5.41) is 9.08. The average molecular weight is 222 g/mol. The molecule has 1 unspecified atom stereocenters. The summed E-state index contributed by atoms with van der Waals surface area (Å²) in [6.45, 7) is 7.26. The number of aliphatic hydroxyl groups excluding tert-OH is 1. The fourth-order valence-electron chi connectivity index (χ4n) is 1.81. The van der Waals surface area contributed by atoms with Gasteiger partial charge in [-0.3, -0.25) is 0 Å². The number of hydrogen-bond donors (Lipinski definition) is 1. The minimum atomic E-state index is 0.0374. The van der Waals surface area contributed by atoms with Crippen LogP contribution in [0.15, 0.2) is 24.3 Å². The van der Waals surface area contributed by atoms with Gasteiger partial charge in [0.15, 0.2) is 0 Å². The minimum Gasteiger partial charge on any atom is -0.396 e. The second-order valence-electron chi connectivity index (χ2n) is 5.02. The second-order valence-corrected chi connectivity index (χ2v) is 5.02. The van der Waals surface area contributed by atoms with Crippen molar-refractivity contribution in [3.8, 4) is 0 Å². The van der Waals surface area contributed by atoms with Crippen LogP contribution in [0.4, 0.5) is 0 Å². The number of aliphatic hydroxyl groups is 1. The van der Waals surface area contributed by atoms with Gasteiger partial charge in [-0.05, 0) is 11.1 Å². The van der Waals surface area contributed by atoms with Crippen molar-refractivity contribution < 1.29 is 9.84 Å². The van der Waals surface area contributed by atoms with Crippen LogP contribution in [0.2, 0.25) is 0 Å². The SMILES string of the molecule is COCC(C)(C)c1ccc(C(C)CO)cc1. The van der Waals surface area contributed by atoms with E-state index in [0.717, 1.165) is 0 Å². The third kappa shape index (κ3) is 3.06. The molecular formula is C14H22O2. The van der Waals surface area contributed by atoms with E-state index >= 15 is 0 Å². The van der Waals surface area contributed by atoms with Crippen LogP contribution in [0, 0.1) is 0 Å². The Kier molecular flexibility index (Phi) is 4.51. The fraction of sp³-hybridized carbons (Fsp3) is 0.571. The Morgan fingerprint density at radius 1 is 1.25 bits per heavy atom. The van der Waals surface area contributed by atoms with Crippen molar-refractivity contribution in [1.29, 1.82) is 0 Å². The Labute approximate surface area is 98.3 Å². The molecule has 0 aromatic heterocycles. The Morgan fingerprint density at radius 3 is 2.25 bits per heavy atom. The molecule has 0 heterocycles. The van der Waals surface area contributed by atoms with E-state index in [-0.39, 0.29) is 17.9 Å². The molecule has 0 saturated carbocycles. The fourth-order valence-corrected chi connectivity index (χ4v) is 1.81. The van der Waals surface area contributed by atoms with Crippen molar-refractivity contribution in [3.63, 3.8) is 0 Å². The molecule has 0 fully saturated rings. The molecule has 0 bridgehead atoms. The highest BCUT2D eigenvalue weighted by atomic mass is 16.5. The minimum absolute atomic E-state index is 0.0374. The van der Waals surface area contributed by atoms with Crippen molar-refractivity contribution in [1.82, 2.24) is 0 Å². The van der Waals surface area contributed by atoms with Gasteiger partial charge in [-0.25, -0.2) is 0 Å². The molecule has 1 atom stereocenters. The standard InChI is InChI=1S/C14H22O2/c1-11(9-15)12-5-7-13(8-6-12)14(2,3)10-16-4/h5-8,11,15H,9-10H2,1-4H3. The maximum Gasteiger partial charge on any atom is 0.0553 e. The molecule has 1 aromatic carbocycles. The van der Waals surface area contributed by atoms with Crippen LogP contribution < -0.4 is 0 Å². The number of methoxy groups -OCH3 is 1. The zero-order valence-corrected chi connectivity index (χ0v) is 10.7. The molecule has 0 aliphatic carbocycles. The van der Waals surface area contributed by atoms with Gasteiger partial charge in [-0.2, -0.15) is 0 Å². The lowest BCUT2D eigenvalue weighted by Gasteiger charge is -2.24. The summed E-state index contributed by atoms with van der Waals surface area (Å²) in [5.41, 5.74) is 2.48. The van der Waals surface area contributed by atoms with Crippen LogP contribution in [0.3, 0.4) is 0 Å². The van der Waals surface area contributed by atoms with E-state index in [9.17, 15) is 0 Å². The molecular weight excluding hydrogens is 200 g/mol. The summed E-state index contributed by atoms with van der Waals surface area (Å²) in [7, 11) is 1.73. The molecule has 0 aliphatic heterocycles. The first kappa shape index (κ1) is 13.2. The first-order valence-corrected chi connectivity index (χ1v) is 5.71. The van der Waals surface area contributed by atoms with Crippen molar-refractivity contribution in [2.75, 3.05) is 20.3 Å². The first-order chi connectivity index (χ1) is 7.51. The van der Waals surface area contributed by atoms with Crippen LogP contribution in [-0.2, 0) is 10.2 Å². The smallest absolute Gasteiger partial charge is 0.0553 e. The van der Waals surface area contributed by atoms with Gasteiger partial charge < -0.3 is 9.84 Å². The number of hydrogen-bond acceptors (Lipinski definition) is 2. The highest BCUT2D eigenvalue weighted by molar-refractivity contribution is 5.29. The van der Waals surface area contributed by atoms with Crippen molar-refractivity contribution in [2.45, 2.75) is 32.1 Å². The van der Waals surface area contributed by atoms with E-state index in [0.29, 0.717) is 6.61 Å². The highest BCUT2D eigenvalue weighted by Crippen LogP contribution is 2.25. The zero-order chi connectivity index (χ0) is 12.2. The van der Waals surface area contributed by atoms with Crippen LogP contribution >= 0.6 is 0 Å². The maximum absolute atomic E-state index is 9.08. The molecule has 0 radical (unpaired) electrons. The summed E-state index contributed by atoms with van der Waals surface area (Å²) >= 11 is 0. The quantitative estimate of drug-likeness (QED) is 0.830. The molecule has 2 heteroatoms. The summed E-state index contributed by atoms with van der Waals surface area (Å²) in [6.07, 6.45) is 0. The molecule has 0 spiro atoms. The van der Waals surface area contributed by atoms with Crippen molar-refractivity contribution >= 4 is 0 Å². The van der Waals surface area contributed by atoms with Crippen LogP contribution in [-0.4, -0.2) is 25.4 Å². The van der Waals surface area contributed by atoms with Crippen LogP contribution in [0.1, 0.15) is 37.8 Å². The van der Waals surface area contributed by atoms with E-state index in [1.807, 2.05) is 6.92 Å². The Morgan fingerprint density at radius 2 is 1.81 bits per heavy atom. The number of benzene rings is 1. The predicted octanol–water partition coefficient (Wildman–Crippen LogP) is 2.71. The molecule has 0 amide bonds. The lowest BCUT2D eigenvalue weighted by molar-refractivity contribution is 0.146. The summed E-state index contributed by atoms with van der Waals surface area (Å²) < 4.78 is 5.22. The molecule has 16 heavy (non-hydrogen) atoms. The summed E-state index contributed by atoms with van der Waals surface area (Å²) in [5.74, 6) is 0.208. The van der Waals surface area contributed by atoms with Gasteiger partial charge in [0.25, 0.3) is 0 Å². The van der Waals surface area contributed by atoms with Crippen LogP contribution in [0.5, 0.6) is 0 Å². The van der Waals surface area contributed by atoms with Gasteiger partial charge in [-0.1, -0.05) is 45.0 Å². The maximum atomic E-state index is 9.08. The molecule has 90 valence electrons. The third-order valence-electron chi connectivity index (χ3n) is 3.04. The van der Waals surface area contributed by atoms with Gasteiger partial charge in [0.1, 0.15) is 0 Å². The lowest BCUT2D eigenvalue weighted by Crippen LogP contribution is -2.23. The molecule has 1 N–H and O–H groups in total. The number of ether oxygens (including phenoxy) is 1. The van der Waals surface area contributed by atoms with E-state index in [1.165, 1.54) is 11.1 Å². The predicted molar refractivity (Wildman–Crippen MR) is 66.8 cm³/mol. The Balaban J connectivity index is 2.86. The van der Waals surface area contributed by atoms with Gasteiger partial charge in [0.2, 0.25) is 0 Å². The van der Waals surface area contributed by atoms with E-state index < -0.39 is 0 Å². The Hall–Kier alpha value is -0.860. The number of rotatable bonds is 5. The van der Waals surface area contributed by atoms with E-state index in [1.54, 1.807) is 7.11 Å². The van der Waals surface area contributed by atoms with Crippen LogP contribution in [0.25, 0.3) is 0 Å². The highest BCUT2D eigenvalue weighted by Gasteiger charge is 2.20. The molecule has 2 nitrogen and oxygen atoms in total. The lowest BCUT2D eigenvalue weighted by atomic mass is 9.84. The molecule has 1 aromatic rings. The molecule has 1 rings (SSSR count). The van der Waals surface area contributed by atoms with Gasteiger partial charge in [0.05, 0.1) is 6.61 Å². The zero-order valence-electron chi connectivity index (χ0n) is 10.7. The second kappa shape index (κ2) is 5.46. The summed E-state index contributed by atoms with van der Waals surface area (Å²) in [6, 6.07) is 8.43. The summed E-state index contributed by atoms with van der Waals surface area (Å²) in [4.78, 5) is 0. The first-order valence-electron chi connectivity index (χ1n) is 5.71. The third-order valence-corrected chi connectivity index (χ3v) is 3.04. The van der Waals surface area contributed by atoms with Gasteiger partial charge in [-0.15, -0.1) is 0 Å². The Bertz CT molecular complexity index is 314. The van der Waals surface area contributed by atoms with Crippen molar-refractivity contribution in [3.05, 3.63) is 35.4 Å².